The summed E-state index contributed by atoms with van der Waals surface area (Å²) in [4.78, 5) is 14.0. The van der Waals surface area contributed by atoms with E-state index in [9.17, 15) is 23.2 Å². The Kier molecular flexibility index (Phi) is 6.09. The second-order valence-electron chi connectivity index (χ2n) is 7.48. The molecule has 1 atom stereocenters. The predicted octanol–water partition coefficient (Wildman–Crippen LogP) is 3.11. The number of nitrogens with one attached hydrogen (secondary N) is 1. The lowest BCUT2D eigenvalue weighted by atomic mass is 9.79. The lowest BCUT2D eigenvalue weighted by Gasteiger charge is -2.46. The fourth-order valence-electron chi connectivity index (χ4n) is 3.58. The Bertz CT molecular complexity index is 1020. The highest BCUT2D eigenvalue weighted by molar-refractivity contribution is 5.85. The molecule has 1 unspecified atom stereocenters. The Morgan fingerprint density at radius 2 is 1.80 bits per heavy atom. The normalized spacial score (nSPS) is 16.2. The van der Waals surface area contributed by atoms with E-state index in [1.165, 1.54) is 12.1 Å². The third kappa shape index (κ3) is 4.14. The van der Waals surface area contributed by atoms with Crippen molar-refractivity contribution in [2.24, 2.45) is 5.41 Å². The molecular weight excluding hydrogens is 393 g/mol. The van der Waals surface area contributed by atoms with Crippen LogP contribution in [0.4, 0.5) is 13.2 Å². The summed E-state index contributed by atoms with van der Waals surface area (Å²) in [5, 5.41) is 20.5. The van der Waals surface area contributed by atoms with E-state index in [1.54, 1.807) is 42.3 Å². The van der Waals surface area contributed by atoms with Gasteiger partial charge in [-0.1, -0.05) is 24.3 Å². The van der Waals surface area contributed by atoms with Gasteiger partial charge in [-0.2, -0.15) is 10.5 Å². The molecule has 3 rings (SSSR count). The molecule has 154 valence electrons. The van der Waals surface area contributed by atoms with Crippen LogP contribution < -0.4 is 5.32 Å². The third-order valence-electron chi connectivity index (χ3n) is 5.26. The summed E-state index contributed by atoms with van der Waals surface area (Å²) in [5.41, 5.74) is 0.158. The Morgan fingerprint density at radius 3 is 2.30 bits per heavy atom. The first-order chi connectivity index (χ1) is 14.3. The second-order valence-corrected chi connectivity index (χ2v) is 7.48. The lowest BCUT2D eigenvalue weighted by molar-refractivity contribution is -0.159. The van der Waals surface area contributed by atoms with E-state index in [0.717, 1.165) is 5.56 Å². The van der Waals surface area contributed by atoms with E-state index in [2.05, 4.69) is 5.32 Å². The number of hydrogen-bond donors (Lipinski definition) is 1. The number of alkyl halides is 2. The van der Waals surface area contributed by atoms with Crippen molar-refractivity contribution in [1.29, 1.82) is 10.5 Å². The third-order valence-corrected chi connectivity index (χ3v) is 5.26. The van der Waals surface area contributed by atoms with Gasteiger partial charge in [-0.3, -0.25) is 4.79 Å². The van der Waals surface area contributed by atoms with Gasteiger partial charge < -0.3 is 10.2 Å². The van der Waals surface area contributed by atoms with Gasteiger partial charge in [0.15, 0.2) is 0 Å². The smallest absolute Gasteiger partial charge is 0.255 e. The zero-order valence-corrected chi connectivity index (χ0v) is 16.2. The summed E-state index contributed by atoms with van der Waals surface area (Å²) < 4.78 is 41.4. The number of hydrogen-bond acceptors (Lipinski definition) is 4. The topological polar surface area (TPSA) is 79.9 Å². The lowest BCUT2D eigenvalue weighted by Crippen LogP contribution is -2.66. The molecule has 30 heavy (non-hydrogen) atoms. The molecule has 0 aromatic heterocycles. The predicted molar refractivity (Wildman–Crippen MR) is 104 cm³/mol. The largest absolute Gasteiger partial charge is 0.339 e. The average molecular weight is 412 g/mol. The molecule has 1 N–H and O–H groups in total. The van der Waals surface area contributed by atoms with Gasteiger partial charge >= 0.3 is 0 Å². The van der Waals surface area contributed by atoms with Crippen LogP contribution in [-0.4, -0.2) is 43.4 Å². The maximum absolute atomic E-state index is 14.6. The number of carbonyl (C=O) groups is 1. The van der Waals surface area contributed by atoms with Gasteiger partial charge in [0.1, 0.15) is 17.3 Å². The molecule has 0 bridgehead atoms. The minimum absolute atomic E-state index is 0.0949. The molecule has 1 amide bonds. The monoisotopic (exact) mass is 412 g/mol. The molecule has 0 spiro atoms. The Balaban J connectivity index is 1.72. The van der Waals surface area contributed by atoms with Crippen molar-refractivity contribution < 1.29 is 18.0 Å². The molecule has 2 aromatic carbocycles. The standard InChI is InChI=1S/C22H19F3N4O/c1-29-12-22(13-29,20(24)25)21(30)28-18(11-27)8-17-7-6-16(9-19(17)23)15-4-2-14(10-26)3-5-15/h2-7,9,18,20H,8,12-13H2,1H3,(H,28,30). The van der Waals surface area contributed by atoms with E-state index in [1.807, 2.05) is 12.1 Å². The summed E-state index contributed by atoms with van der Waals surface area (Å²) in [5.74, 6) is -1.46. The summed E-state index contributed by atoms with van der Waals surface area (Å²) >= 11 is 0. The maximum atomic E-state index is 14.6. The van der Waals surface area contributed by atoms with Crippen LogP contribution in [0.1, 0.15) is 11.1 Å². The Hall–Kier alpha value is -3.36. The number of rotatable bonds is 6. The minimum atomic E-state index is -2.85. The van der Waals surface area contributed by atoms with Gasteiger partial charge in [0.2, 0.25) is 5.91 Å². The van der Waals surface area contributed by atoms with Crippen molar-refractivity contribution in [3.8, 4) is 23.3 Å². The molecule has 1 aliphatic heterocycles. The van der Waals surface area contributed by atoms with Gasteiger partial charge in [-0.05, 0) is 41.9 Å². The van der Waals surface area contributed by atoms with Crippen LogP contribution in [0.15, 0.2) is 42.5 Å². The molecule has 5 nitrogen and oxygen atoms in total. The highest BCUT2D eigenvalue weighted by Gasteiger charge is 2.55. The Labute approximate surface area is 172 Å². The summed E-state index contributed by atoms with van der Waals surface area (Å²) in [7, 11) is 1.63. The maximum Gasteiger partial charge on any atom is 0.255 e. The van der Waals surface area contributed by atoms with Crippen LogP contribution in [0.5, 0.6) is 0 Å². The first kappa shape index (κ1) is 21.4. The van der Waals surface area contributed by atoms with E-state index >= 15 is 0 Å². The van der Waals surface area contributed by atoms with Gasteiger partial charge in [0.25, 0.3) is 6.43 Å². The first-order valence-corrected chi connectivity index (χ1v) is 9.25. The highest BCUT2D eigenvalue weighted by Crippen LogP contribution is 2.36. The summed E-state index contributed by atoms with van der Waals surface area (Å²) in [6.45, 7) is -0.190. The number of benzene rings is 2. The SMILES string of the molecule is CN1CC(C(=O)NC(C#N)Cc2ccc(-c3ccc(C#N)cc3)cc2F)(C(F)F)C1. The summed E-state index contributed by atoms with van der Waals surface area (Å²) in [6.07, 6.45) is -2.99. The molecular formula is C22H19F3N4O. The van der Waals surface area contributed by atoms with Crippen molar-refractivity contribution in [1.82, 2.24) is 10.2 Å². The van der Waals surface area contributed by atoms with Crippen molar-refractivity contribution in [3.63, 3.8) is 0 Å². The van der Waals surface area contributed by atoms with Crippen molar-refractivity contribution in [2.45, 2.75) is 18.9 Å². The number of halogens is 3. The molecule has 1 aliphatic rings. The van der Waals surface area contributed by atoms with E-state index in [4.69, 9.17) is 5.26 Å². The molecule has 1 heterocycles. The molecule has 0 radical (unpaired) electrons. The van der Waals surface area contributed by atoms with Crippen LogP contribution in [0.2, 0.25) is 0 Å². The van der Waals surface area contributed by atoms with Crippen molar-refractivity contribution >= 4 is 5.91 Å². The molecule has 1 saturated heterocycles. The number of amides is 1. The number of nitriles is 2. The minimum Gasteiger partial charge on any atom is -0.339 e. The molecule has 2 aromatic rings. The zero-order valence-electron chi connectivity index (χ0n) is 16.2. The van der Waals surface area contributed by atoms with Crippen LogP contribution in [0.3, 0.4) is 0 Å². The molecule has 0 saturated carbocycles. The van der Waals surface area contributed by atoms with Crippen molar-refractivity contribution in [3.05, 3.63) is 59.4 Å². The summed E-state index contributed by atoms with van der Waals surface area (Å²) in [6, 6.07) is 13.8. The Morgan fingerprint density at radius 1 is 1.17 bits per heavy atom. The molecule has 0 aliphatic carbocycles. The fourth-order valence-corrected chi connectivity index (χ4v) is 3.58. The molecule has 1 fully saturated rings. The molecule has 8 heteroatoms. The van der Waals surface area contributed by atoms with Gasteiger partial charge in [-0.15, -0.1) is 0 Å². The van der Waals surface area contributed by atoms with Gasteiger partial charge in [0, 0.05) is 19.5 Å². The number of likely N-dealkylation sites (tertiary alicyclic amines) is 1. The zero-order chi connectivity index (χ0) is 21.9. The van der Waals surface area contributed by atoms with Crippen LogP contribution >= 0.6 is 0 Å². The van der Waals surface area contributed by atoms with E-state index in [0.29, 0.717) is 11.1 Å². The van der Waals surface area contributed by atoms with Gasteiger partial charge in [-0.25, -0.2) is 13.2 Å². The average Bonchev–Trinajstić information content (AvgIpc) is 2.71. The fraction of sp³-hybridized carbons (Fsp3) is 0.318. The van der Waals surface area contributed by atoms with Crippen LogP contribution in [0, 0.1) is 33.9 Å². The van der Waals surface area contributed by atoms with Gasteiger partial charge in [0.05, 0.1) is 17.7 Å². The van der Waals surface area contributed by atoms with Crippen molar-refractivity contribution in [2.75, 3.05) is 20.1 Å². The number of carbonyl (C=O) groups excluding carboxylic acids is 1. The quantitative estimate of drug-likeness (QED) is 0.791. The number of nitrogens with zero attached hydrogens (tertiary/aromatic N) is 3. The van der Waals surface area contributed by atoms with Crippen LogP contribution in [0.25, 0.3) is 11.1 Å². The second kappa shape index (κ2) is 8.56. The van der Waals surface area contributed by atoms with Crippen LogP contribution in [-0.2, 0) is 11.2 Å². The van der Waals surface area contributed by atoms with E-state index < -0.39 is 29.6 Å². The van der Waals surface area contributed by atoms with E-state index in [-0.39, 0.29) is 25.1 Å². The first-order valence-electron chi connectivity index (χ1n) is 9.25. The highest BCUT2D eigenvalue weighted by atomic mass is 19.3.